The normalized spacial score (nSPS) is 24.7. The van der Waals surface area contributed by atoms with Gasteiger partial charge in [0.2, 0.25) is 5.91 Å². The molecule has 0 saturated carbocycles. The highest BCUT2D eigenvalue weighted by Crippen LogP contribution is 2.12. The van der Waals surface area contributed by atoms with Crippen molar-refractivity contribution >= 4 is 5.91 Å². The molecule has 1 atom stereocenters. The number of carbonyl (C=O) groups excluding carboxylic acids is 1. The molecule has 0 aromatic heterocycles. The minimum Gasteiger partial charge on any atom is -0.380 e. The van der Waals surface area contributed by atoms with E-state index >= 15 is 0 Å². The Morgan fingerprint density at radius 2 is 2.21 bits per heavy atom. The standard InChI is InChI=1S/C10H20N2O2/c1-8(2)12-5-7-14-6-4-9(12)10(13)11-3/h8-9H,4-7H2,1-3H3,(H,11,13). The lowest BCUT2D eigenvalue weighted by molar-refractivity contribution is -0.126. The van der Waals surface area contributed by atoms with Crippen LogP contribution in [0.15, 0.2) is 0 Å². The van der Waals surface area contributed by atoms with E-state index in [2.05, 4.69) is 24.1 Å². The van der Waals surface area contributed by atoms with Crippen molar-refractivity contribution in [3.05, 3.63) is 0 Å². The van der Waals surface area contributed by atoms with Gasteiger partial charge in [-0.2, -0.15) is 0 Å². The molecule has 4 heteroatoms. The molecule has 1 N–H and O–H groups in total. The van der Waals surface area contributed by atoms with Crippen molar-refractivity contribution in [3.63, 3.8) is 0 Å². The largest absolute Gasteiger partial charge is 0.380 e. The third kappa shape index (κ3) is 2.69. The number of ether oxygens (including phenoxy) is 1. The summed E-state index contributed by atoms with van der Waals surface area (Å²) < 4.78 is 5.38. The summed E-state index contributed by atoms with van der Waals surface area (Å²) in [6.07, 6.45) is 0.790. The molecule has 0 aliphatic carbocycles. The van der Waals surface area contributed by atoms with Gasteiger partial charge in [0, 0.05) is 26.2 Å². The van der Waals surface area contributed by atoms with Gasteiger partial charge in [0.25, 0.3) is 0 Å². The summed E-state index contributed by atoms with van der Waals surface area (Å²) in [6, 6.07) is 0.362. The molecule has 1 heterocycles. The van der Waals surface area contributed by atoms with E-state index in [1.54, 1.807) is 7.05 Å². The lowest BCUT2D eigenvalue weighted by atomic mass is 10.1. The van der Waals surface area contributed by atoms with E-state index in [9.17, 15) is 4.79 Å². The second kappa shape index (κ2) is 5.32. The molecule has 0 spiro atoms. The van der Waals surface area contributed by atoms with Gasteiger partial charge in [-0.15, -0.1) is 0 Å². The maximum Gasteiger partial charge on any atom is 0.237 e. The zero-order valence-electron chi connectivity index (χ0n) is 9.25. The first kappa shape index (κ1) is 11.5. The lowest BCUT2D eigenvalue weighted by Gasteiger charge is -2.31. The van der Waals surface area contributed by atoms with Crippen LogP contribution >= 0.6 is 0 Å². The van der Waals surface area contributed by atoms with Crippen LogP contribution in [-0.2, 0) is 9.53 Å². The summed E-state index contributed by atoms with van der Waals surface area (Å²) in [7, 11) is 1.69. The molecular weight excluding hydrogens is 180 g/mol. The molecule has 1 aliphatic heterocycles. The lowest BCUT2D eigenvalue weighted by Crippen LogP contribution is -2.49. The number of likely N-dealkylation sites (N-methyl/N-ethyl adjacent to an activating group) is 1. The Bertz CT molecular complexity index is 195. The zero-order chi connectivity index (χ0) is 10.6. The van der Waals surface area contributed by atoms with Crippen LogP contribution in [0.1, 0.15) is 20.3 Å². The maximum atomic E-state index is 11.6. The second-order valence-corrected chi connectivity index (χ2v) is 3.86. The Morgan fingerprint density at radius 3 is 2.79 bits per heavy atom. The Labute approximate surface area is 85.6 Å². The van der Waals surface area contributed by atoms with Gasteiger partial charge in [0.05, 0.1) is 12.6 Å². The van der Waals surface area contributed by atoms with Gasteiger partial charge in [-0.3, -0.25) is 9.69 Å². The average molecular weight is 200 g/mol. The quantitative estimate of drug-likeness (QED) is 0.694. The van der Waals surface area contributed by atoms with Crippen LogP contribution in [0, 0.1) is 0 Å². The first-order valence-corrected chi connectivity index (χ1v) is 5.22. The van der Waals surface area contributed by atoms with E-state index in [0.717, 1.165) is 19.6 Å². The van der Waals surface area contributed by atoms with Gasteiger partial charge in [0.1, 0.15) is 0 Å². The number of nitrogens with one attached hydrogen (secondary N) is 1. The molecule has 1 rings (SSSR count). The van der Waals surface area contributed by atoms with Gasteiger partial charge in [-0.25, -0.2) is 0 Å². The minimum atomic E-state index is -0.0255. The van der Waals surface area contributed by atoms with Crippen LogP contribution in [0.5, 0.6) is 0 Å². The number of hydrogen-bond donors (Lipinski definition) is 1. The fourth-order valence-corrected chi connectivity index (χ4v) is 1.86. The van der Waals surface area contributed by atoms with Gasteiger partial charge in [-0.1, -0.05) is 0 Å². The van der Waals surface area contributed by atoms with Crippen LogP contribution in [0.3, 0.4) is 0 Å². The van der Waals surface area contributed by atoms with E-state index in [1.807, 2.05) is 0 Å². The number of hydrogen-bond acceptors (Lipinski definition) is 3. The summed E-state index contributed by atoms with van der Waals surface area (Å²) in [5.41, 5.74) is 0. The smallest absolute Gasteiger partial charge is 0.237 e. The Balaban J connectivity index is 2.68. The third-order valence-electron chi connectivity index (χ3n) is 2.64. The zero-order valence-corrected chi connectivity index (χ0v) is 9.25. The van der Waals surface area contributed by atoms with E-state index in [0.29, 0.717) is 12.6 Å². The van der Waals surface area contributed by atoms with Crippen LogP contribution in [-0.4, -0.2) is 49.7 Å². The van der Waals surface area contributed by atoms with Crippen molar-refractivity contribution < 1.29 is 9.53 Å². The summed E-state index contributed by atoms with van der Waals surface area (Å²) in [5, 5.41) is 2.71. The SMILES string of the molecule is CNC(=O)C1CCOCCN1C(C)C. The maximum absolute atomic E-state index is 11.6. The number of rotatable bonds is 2. The highest BCUT2D eigenvalue weighted by atomic mass is 16.5. The average Bonchev–Trinajstić information content (AvgIpc) is 2.41. The van der Waals surface area contributed by atoms with Crippen molar-refractivity contribution in [1.82, 2.24) is 10.2 Å². The van der Waals surface area contributed by atoms with Crippen LogP contribution in [0.4, 0.5) is 0 Å². The Morgan fingerprint density at radius 1 is 1.50 bits per heavy atom. The summed E-state index contributed by atoms with van der Waals surface area (Å²) >= 11 is 0. The highest BCUT2D eigenvalue weighted by molar-refractivity contribution is 5.81. The third-order valence-corrected chi connectivity index (χ3v) is 2.64. The van der Waals surface area contributed by atoms with Crippen molar-refractivity contribution in [2.75, 3.05) is 26.8 Å². The van der Waals surface area contributed by atoms with Crippen molar-refractivity contribution in [1.29, 1.82) is 0 Å². The first-order chi connectivity index (χ1) is 6.66. The first-order valence-electron chi connectivity index (χ1n) is 5.22. The molecule has 1 aliphatic rings. The number of carbonyl (C=O) groups is 1. The Kier molecular flexibility index (Phi) is 4.35. The summed E-state index contributed by atoms with van der Waals surface area (Å²) in [4.78, 5) is 13.8. The van der Waals surface area contributed by atoms with E-state index in [4.69, 9.17) is 4.74 Å². The number of amides is 1. The number of nitrogens with zero attached hydrogens (tertiary/aromatic N) is 1. The van der Waals surface area contributed by atoms with E-state index < -0.39 is 0 Å². The monoisotopic (exact) mass is 200 g/mol. The second-order valence-electron chi connectivity index (χ2n) is 3.86. The molecule has 0 aromatic rings. The predicted octanol–water partition coefficient (Wildman–Crippen LogP) is 0.232. The molecule has 82 valence electrons. The Hall–Kier alpha value is -0.610. The van der Waals surface area contributed by atoms with Crippen molar-refractivity contribution in [3.8, 4) is 0 Å². The fourth-order valence-electron chi connectivity index (χ4n) is 1.86. The molecule has 0 aromatic carbocycles. The molecule has 14 heavy (non-hydrogen) atoms. The van der Waals surface area contributed by atoms with E-state index in [-0.39, 0.29) is 11.9 Å². The summed E-state index contributed by atoms with van der Waals surface area (Å²) in [5.74, 6) is 0.101. The molecule has 0 bridgehead atoms. The molecule has 0 radical (unpaired) electrons. The molecular formula is C10H20N2O2. The molecule has 1 unspecified atom stereocenters. The van der Waals surface area contributed by atoms with E-state index in [1.165, 1.54) is 0 Å². The molecule has 1 amide bonds. The summed E-state index contributed by atoms with van der Waals surface area (Å²) in [6.45, 7) is 6.48. The van der Waals surface area contributed by atoms with Gasteiger partial charge < -0.3 is 10.1 Å². The van der Waals surface area contributed by atoms with Crippen molar-refractivity contribution in [2.24, 2.45) is 0 Å². The molecule has 4 nitrogen and oxygen atoms in total. The molecule has 1 saturated heterocycles. The predicted molar refractivity (Wildman–Crippen MR) is 55.1 cm³/mol. The minimum absolute atomic E-state index is 0.0255. The van der Waals surface area contributed by atoms with Gasteiger partial charge >= 0.3 is 0 Å². The van der Waals surface area contributed by atoms with Crippen LogP contribution in [0.2, 0.25) is 0 Å². The van der Waals surface area contributed by atoms with Crippen LogP contribution < -0.4 is 5.32 Å². The molecule has 1 fully saturated rings. The fraction of sp³-hybridized carbons (Fsp3) is 0.900. The topological polar surface area (TPSA) is 41.6 Å². The van der Waals surface area contributed by atoms with Crippen LogP contribution in [0.25, 0.3) is 0 Å². The van der Waals surface area contributed by atoms with Gasteiger partial charge in [0.15, 0.2) is 0 Å². The van der Waals surface area contributed by atoms with Crippen molar-refractivity contribution in [2.45, 2.75) is 32.4 Å². The van der Waals surface area contributed by atoms with Gasteiger partial charge in [-0.05, 0) is 20.3 Å². The highest BCUT2D eigenvalue weighted by Gasteiger charge is 2.28.